The van der Waals surface area contributed by atoms with Gasteiger partial charge in [0.1, 0.15) is 5.25 Å². The van der Waals surface area contributed by atoms with Gasteiger partial charge in [0.25, 0.3) is 5.91 Å². The third kappa shape index (κ3) is 3.97. The van der Waals surface area contributed by atoms with Crippen LogP contribution in [0.1, 0.15) is 17.3 Å². The number of rotatable bonds is 5. The third-order valence-corrected chi connectivity index (χ3v) is 4.68. The van der Waals surface area contributed by atoms with Gasteiger partial charge in [0.05, 0.1) is 18.6 Å². The molecule has 1 aromatic rings. The number of nitrogens with zero attached hydrogens (tertiary/aromatic N) is 2. The van der Waals surface area contributed by atoms with Crippen LogP contribution in [0, 0.1) is 10.1 Å². The number of carbonyl (C=O) groups excluding carboxylic acids is 2. The highest BCUT2D eigenvalue weighted by Crippen LogP contribution is 2.29. The standard InChI is InChI=1S/C15H18N2O6S/c1-3-23-12-5-4-10(8-11(12)17(20)21)14(18)16-6-7-24-13(9-16)15(19)22-2/h4-5,8,13H,3,6-7,9H2,1-2H3/t13-/m1/s1. The Hall–Kier alpha value is -2.29. The van der Waals surface area contributed by atoms with Crippen LogP contribution in [0.2, 0.25) is 0 Å². The maximum atomic E-state index is 12.6. The number of ether oxygens (including phenoxy) is 2. The van der Waals surface area contributed by atoms with Gasteiger partial charge in [-0.1, -0.05) is 0 Å². The lowest BCUT2D eigenvalue weighted by molar-refractivity contribution is -0.385. The van der Waals surface area contributed by atoms with Crippen molar-refractivity contribution in [3.8, 4) is 5.75 Å². The van der Waals surface area contributed by atoms with Crippen molar-refractivity contribution in [1.29, 1.82) is 0 Å². The number of hydrogen-bond donors (Lipinski definition) is 0. The Bertz CT molecular complexity index is 651. The summed E-state index contributed by atoms with van der Waals surface area (Å²) in [5.74, 6) is -0.00354. The first-order valence-electron chi connectivity index (χ1n) is 7.37. The van der Waals surface area contributed by atoms with E-state index in [2.05, 4.69) is 0 Å². The zero-order chi connectivity index (χ0) is 17.7. The molecular weight excluding hydrogens is 336 g/mol. The molecule has 0 radical (unpaired) electrons. The average Bonchev–Trinajstić information content (AvgIpc) is 2.61. The van der Waals surface area contributed by atoms with Gasteiger partial charge < -0.3 is 14.4 Å². The number of nitro benzene ring substituents is 1. The molecule has 130 valence electrons. The summed E-state index contributed by atoms with van der Waals surface area (Å²) in [7, 11) is 1.31. The minimum absolute atomic E-state index is 0.126. The summed E-state index contributed by atoms with van der Waals surface area (Å²) in [5.41, 5.74) is -0.0562. The number of nitro groups is 1. The minimum Gasteiger partial charge on any atom is -0.487 e. The summed E-state index contributed by atoms with van der Waals surface area (Å²) >= 11 is 1.43. The molecule has 1 amide bonds. The van der Waals surface area contributed by atoms with Crippen LogP contribution >= 0.6 is 11.8 Å². The van der Waals surface area contributed by atoms with Crippen molar-refractivity contribution >= 4 is 29.3 Å². The van der Waals surface area contributed by atoms with Gasteiger partial charge in [-0.15, -0.1) is 11.8 Å². The highest BCUT2D eigenvalue weighted by Gasteiger charge is 2.31. The van der Waals surface area contributed by atoms with Gasteiger partial charge in [0.15, 0.2) is 5.75 Å². The van der Waals surface area contributed by atoms with E-state index in [1.54, 1.807) is 6.92 Å². The first kappa shape index (κ1) is 18.1. The fourth-order valence-corrected chi connectivity index (χ4v) is 3.49. The molecule has 0 N–H and O–H groups in total. The summed E-state index contributed by atoms with van der Waals surface area (Å²) in [6.07, 6.45) is 0. The van der Waals surface area contributed by atoms with Crippen LogP contribution in [0.25, 0.3) is 0 Å². The van der Waals surface area contributed by atoms with Gasteiger partial charge >= 0.3 is 11.7 Å². The topological polar surface area (TPSA) is 99.0 Å². The van der Waals surface area contributed by atoms with Gasteiger partial charge in [0.2, 0.25) is 0 Å². The van der Waals surface area contributed by atoms with Crippen LogP contribution in [0.4, 0.5) is 5.69 Å². The second-order valence-corrected chi connectivity index (χ2v) is 6.32. The van der Waals surface area contributed by atoms with Gasteiger partial charge in [-0.2, -0.15) is 0 Å². The molecule has 2 rings (SSSR count). The largest absolute Gasteiger partial charge is 0.487 e. The Balaban J connectivity index is 2.21. The number of carbonyl (C=O) groups is 2. The van der Waals surface area contributed by atoms with Gasteiger partial charge in [-0.3, -0.25) is 19.7 Å². The monoisotopic (exact) mass is 354 g/mol. The first-order valence-corrected chi connectivity index (χ1v) is 8.42. The molecule has 1 aromatic carbocycles. The zero-order valence-electron chi connectivity index (χ0n) is 13.4. The molecule has 0 bridgehead atoms. The number of methoxy groups -OCH3 is 1. The molecule has 0 saturated carbocycles. The molecule has 1 saturated heterocycles. The number of hydrogen-bond acceptors (Lipinski definition) is 7. The Morgan fingerprint density at radius 2 is 2.21 bits per heavy atom. The zero-order valence-corrected chi connectivity index (χ0v) is 14.2. The van der Waals surface area contributed by atoms with Crippen molar-refractivity contribution in [3.05, 3.63) is 33.9 Å². The molecule has 1 aliphatic heterocycles. The Kier molecular flexibility index (Phi) is 6.02. The molecule has 24 heavy (non-hydrogen) atoms. The van der Waals surface area contributed by atoms with Crippen LogP contribution in [-0.2, 0) is 9.53 Å². The van der Waals surface area contributed by atoms with Gasteiger partial charge in [-0.25, -0.2) is 0 Å². The fourth-order valence-electron chi connectivity index (χ4n) is 2.36. The Morgan fingerprint density at radius 1 is 1.46 bits per heavy atom. The van der Waals surface area contributed by atoms with E-state index in [-0.39, 0.29) is 42.0 Å². The van der Waals surface area contributed by atoms with Crippen molar-refractivity contribution in [2.45, 2.75) is 12.2 Å². The summed E-state index contributed by atoms with van der Waals surface area (Å²) in [5, 5.41) is 10.7. The maximum absolute atomic E-state index is 12.6. The number of esters is 1. The third-order valence-electron chi connectivity index (χ3n) is 3.52. The number of amides is 1. The molecule has 1 atom stereocenters. The molecule has 8 nitrogen and oxygen atoms in total. The average molecular weight is 354 g/mol. The molecule has 1 aliphatic rings. The molecule has 0 aliphatic carbocycles. The lowest BCUT2D eigenvalue weighted by Crippen LogP contribution is -2.44. The number of benzene rings is 1. The maximum Gasteiger partial charge on any atom is 0.320 e. The van der Waals surface area contributed by atoms with Crippen LogP contribution in [0.15, 0.2) is 18.2 Å². The lowest BCUT2D eigenvalue weighted by Gasteiger charge is -2.31. The highest BCUT2D eigenvalue weighted by molar-refractivity contribution is 8.00. The first-order chi connectivity index (χ1) is 11.5. The van der Waals surface area contributed by atoms with E-state index in [1.165, 1.54) is 42.0 Å². The molecule has 0 spiro atoms. The van der Waals surface area contributed by atoms with E-state index in [4.69, 9.17) is 9.47 Å². The van der Waals surface area contributed by atoms with E-state index in [1.807, 2.05) is 0 Å². The summed E-state index contributed by atoms with van der Waals surface area (Å²) in [6, 6.07) is 4.13. The van der Waals surface area contributed by atoms with Crippen molar-refractivity contribution < 1.29 is 24.0 Å². The Labute approximate surface area is 143 Å². The molecule has 0 unspecified atom stereocenters. The highest BCUT2D eigenvalue weighted by atomic mass is 32.2. The lowest BCUT2D eigenvalue weighted by atomic mass is 10.1. The van der Waals surface area contributed by atoms with Crippen molar-refractivity contribution in [2.75, 3.05) is 32.6 Å². The van der Waals surface area contributed by atoms with E-state index in [9.17, 15) is 19.7 Å². The molecule has 1 heterocycles. The van der Waals surface area contributed by atoms with E-state index >= 15 is 0 Å². The Morgan fingerprint density at radius 3 is 2.83 bits per heavy atom. The second kappa shape index (κ2) is 8.00. The second-order valence-electron chi connectivity index (χ2n) is 5.01. The smallest absolute Gasteiger partial charge is 0.320 e. The van der Waals surface area contributed by atoms with Crippen molar-refractivity contribution in [1.82, 2.24) is 4.90 Å². The van der Waals surface area contributed by atoms with Crippen LogP contribution < -0.4 is 4.74 Å². The molecular formula is C15H18N2O6S. The predicted octanol–water partition coefficient (Wildman–Crippen LogP) is 1.72. The summed E-state index contributed by atoms with van der Waals surface area (Å²) in [4.78, 5) is 36.3. The van der Waals surface area contributed by atoms with E-state index in [0.29, 0.717) is 12.3 Å². The molecule has 0 aromatic heterocycles. The van der Waals surface area contributed by atoms with Crippen LogP contribution in [0.5, 0.6) is 5.75 Å². The summed E-state index contributed by atoms with van der Waals surface area (Å²) in [6.45, 7) is 2.70. The fraction of sp³-hybridized carbons (Fsp3) is 0.467. The number of thioether (sulfide) groups is 1. The van der Waals surface area contributed by atoms with E-state index < -0.39 is 10.2 Å². The van der Waals surface area contributed by atoms with Crippen molar-refractivity contribution in [2.24, 2.45) is 0 Å². The van der Waals surface area contributed by atoms with E-state index in [0.717, 1.165) is 0 Å². The van der Waals surface area contributed by atoms with Crippen LogP contribution in [-0.4, -0.2) is 59.5 Å². The van der Waals surface area contributed by atoms with Crippen molar-refractivity contribution in [3.63, 3.8) is 0 Å². The van der Waals surface area contributed by atoms with Gasteiger partial charge in [-0.05, 0) is 19.1 Å². The minimum atomic E-state index is -0.578. The van der Waals surface area contributed by atoms with Gasteiger partial charge in [0, 0.05) is 30.5 Å². The quantitative estimate of drug-likeness (QED) is 0.451. The normalized spacial score (nSPS) is 17.2. The SMILES string of the molecule is CCOc1ccc(C(=O)N2CCS[C@@H](C(=O)OC)C2)cc1[N+](=O)[O-]. The summed E-state index contributed by atoms with van der Waals surface area (Å²) < 4.78 is 9.92. The molecule has 1 fully saturated rings. The van der Waals surface area contributed by atoms with Crippen LogP contribution in [0.3, 0.4) is 0 Å². The molecule has 9 heteroatoms. The predicted molar refractivity (Wildman–Crippen MR) is 88.4 cm³/mol.